The van der Waals surface area contributed by atoms with Gasteiger partial charge < -0.3 is 0 Å². The molecule has 0 aromatic rings. The quantitative estimate of drug-likeness (QED) is 0.327. The number of fused-ring (bicyclic) bond motifs is 27. The zero-order valence-corrected chi connectivity index (χ0v) is 24.2. The second kappa shape index (κ2) is 19.2. The molecule has 0 spiro atoms. The van der Waals surface area contributed by atoms with E-state index in [1.54, 1.807) is 0 Å². The van der Waals surface area contributed by atoms with Crippen LogP contribution in [0.1, 0.15) is 206 Å². The van der Waals surface area contributed by atoms with Crippen LogP contribution in [-0.4, -0.2) is 0 Å². The molecule has 0 radical (unpaired) electrons. The molecule has 0 N–H and O–H groups in total. The Hall–Kier alpha value is 0. The molecule has 0 heteroatoms. The minimum atomic E-state index is 0.640. The Kier molecular flexibility index (Phi) is 17.0. The third kappa shape index (κ3) is 15.2. The molecule has 0 aromatic heterocycles. The van der Waals surface area contributed by atoms with Crippen molar-refractivity contribution in [2.45, 2.75) is 206 Å². The summed E-state index contributed by atoms with van der Waals surface area (Å²) < 4.78 is 0. The summed E-state index contributed by atoms with van der Waals surface area (Å²) in [6.45, 7) is 5.33. The van der Waals surface area contributed by atoms with E-state index in [-0.39, 0.29) is 0 Å². The maximum Gasteiger partial charge on any atom is -0.0326 e. The van der Waals surface area contributed by atoms with E-state index >= 15 is 0 Å². The van der Waals surface area contributed by atoms with E-state index in [9.17, 15) is 0 Å². The Bertz CT molecular complexity index is 344. The standard InChI is InChI=1S/C34H66/c1-33-27-21-15-9-3-6-12-18-24-30-34(2,31-25-19-13-7-4-10-16-22-28-33)32-26-20-14-8-5-11-17-23-29-33/h3-32H2,1-2H3. The van der Waals surface area contributed by atoms with Gasteiger partial charge in [-0.15, -0.1) is 0 Å². The van der Waals surface area contributed by atoms with Crippen molar-refractivity contribution in [3.05, 3.63) is 0 Å². The van der Waals surface area contributed by atoms with Crippen LogP contribution in [0.4, 0.5) is 0 Å². The van der Waals surface area contributed by atoms with Crippen molar-refractivity contribution in [3.63, 3.8) is 0 Å². The van der Waals surface area contributed by atoms with Gasteiger partial charge in [-0.3, -0.25) is 0 Å². The van der Waals surface area contributed by atoms with E-state index in [1.165, 1.54) is 193 Å². The zero-order chi connectivity index (χ0) is 24.2. The van der Waals surface area contributed by atoms with Crippen LogP contribution in [0.15, 0.2) is 0 Å². The lowest BCUT2D eigenvalue weighted by molar-refractivity contribution is 0.218. The summed E-state index contributed by atoms with van der Waals surface area (Å²) in [4.78, 5) is 0. The van der Waals surface area contributed by atoms with Crippen LogP contribution in [0.2, 0.25) is 0 Å². The summed E-state index contributed by atoms with van der Waals surface area (Å²) in [5, 5.41) is 0. The molecular weight excluding hydrogens is 408 g/mol. The highest BCUT2D eigenvalue weighted by atomic mass is 14.3. The van der Waals surface area contributed by atoms with Crippen LogP contribution in [-0.2, 0) is 0 Å². The van der Waals surface area contributed by atoms with Crippen molar-refractivity contribution < 1.29 is 0 Å². The van der Waals surface area contributed by atoms with Crippen molar-refractivity contribution in [3.8, 4) is 0 Å². The first kappa shape index (κ1) is 30.2. The molecule has 0 aliphatic heterocycles. The highest BCUT2D eigenvalue weighted by molar-refractivity contribution is 4.76. The van der Waals surface area contributed by atoms with Gasteiger partial charge in [-0.25, -0.2) is 0 Å². The van der Waals surface area contributed by atoms with E-state index < -0.39 is 0 Å². The van der Waals surface area contributed by atoms with Crippen molar-refractivity contribution in [1.82, 2.24) is 0 Å². The lowest BCUT2D eigenvalue weighted by atomic mass is 9.75. The summed E-state index contributed by atoms with van der Waals surface area (Å²) in [6, 6.07) is 0. The molecule has 34 heavy (non-hydrogen) atoms. The van der Waals surface area contributed by atoms with E-state index in [1.807, 2.05) is 0 Å². The topological polar surface area (TPSA) is 0 Å². The molecule has 0 unspecified atom stereocenters. The maximum absolute atomic E-state index is 2.66. The smallest absolute Gasteiger partial charge is 0.0326 e. The second-order valence-electron chi connectivity index (χ2n) is 13.6. The zero-order valence-electron chi connectivity index (χ0n) is 24.2. The number of hydrogen-bond donors (Lipinski definition) is 0. The van der Waals surface area contributed by atoms with Crippen LogP contribution in [0.25, 0.3) is 0 Å². The van der Waals surface area contributed by atoms with Crippen molar-refractivity contribution in [2.75, 3.05) is 0 Å². The first-order chi connectivity index (χ1) is 16.6. The molecule has 3 fully saturated rings. The summed E-state index contributed by atoms with van der Waals surface area (Å²) in [5.41, 5.74) is 1.28. The SMILES string of the molecule is CC12CCCCCCCCCCC(C)(CCCCCCCCCC1)CCCCCCCCCC2. The fourth-order valence-corrected chi connectivity index (χ4v) is 7.24. The average Bonchev–Trinajstić information content (AvgIpc) is 2.82. The number of rotatable bonds is 0. The van der Waals surface area contributed by atoms with Gasteiger partial charge in [-0.1, -0.05) is 168 Å². The first-order valence-corrected chi connectivity index (χ1v) is 16.6. The molecule has 0 atom stereocenters. The largest absolute Gasteiger partial charge is 0.0596 e. The molecular formula is C34H66. The predicted molar refractivity (Wildman–Crippen MR) is 155 cm³/mol. The average molecular weight is 475 g/mol. The lowest BCUT2D eigenvalue weighted by Gasteiger charge is -2.31. The van der Waals surface area contributed by atoms with Gasteiger partial charge >= 0.3 is 0 Å². The van der Waals surface area contributed by atoms with Gasteiger partial charge in [-0.2, -0.15) is 0 Å². The van der Waals surface area contributed by atoms with Crippen LogP contribution in [0.3, 0.4) is 0 Å². The van der Waals surface area contributed by atoms with Gasteiger partial charge in [0.1, 0.15) is 0 Å². The minimum absolute atomic E-state index is 0.640. The molecule has 2 bridgehead atoms. The third-order valence-corrected chi connectivity index (χ3v) is 9.93. The monoisotopic (exact) mass is 475 g/mol. The summed E-state index contributed by atoms with van der Waals surface area (Å²) in [7, 11) is 0. The highest BCUT2D eigenvalue weighted by Gasteiger charge is 2.24. The van der Waals surface area contributed by atoms with E-state index in [0.717, 1.165) is 0 Å². The van der Waals surface area contributed by atoms with Gasteiger partial charge in [0.2, 0.25) is 0 Å². The molecule has 3 aliphatic rings. The fourth-order valence-electron chi connectivity index (χ4n) is 7.24. The first-order valence-electron chi connectivity index (χ1n) is 16.6. The molecule has 0 amide bonds. The molecule has 0 nitrogen and oxygen atoms in total. The Morgan fingerprint density at radius 3 is 0.471 bits per heavy atom. The number of hydrogen-bond acceptors (Lipinski definition) is 0. The second-order valence-corrected chi connectivity index (χ2v) is 13.6. The van der Waals surface area contributed by atoms with Gasteiger partial charge in [0.15, 0.2) is 0 Å². The molecule has 3 rings (SSSR count). The van der Waals surface area contributed by atoms with Crippen LogP contribution >= 0.6 is 0 Å². The Morgan fingerprint density at radius 2 is 0.324 bits per heavy atom. The van der Waals surface area contributed by atoms with Gasteiger partial charge in [0.25, 0.3) is 0 Å². The molecule has 0 aromatic carbocycles. The van der Waals surface area contributed by atoms with E-state index in [2.05, 4.69) is 13.8 Å². The molecule has 3 aliphatic carbocycles. The van der Waals surface area contributed by atoms with Crippen LogP contribution in [0, 0.1) is 10.8 Å². The highest BCUT2D eigenvalue weighted by Crippen LogP contribution is 2.38. The predicted octanol–water partition coefficient (Wildman–Crippen LogP) is 12.7. The Labute approximate surface area is 217 Å². The summed E-state index contributed by atoms with van der Waals surface area (Å²) in [6.07, 6.45) is 44.9. The summed E-state index contributed by atoms with van der Waals surface area (Å²) in [5.74, 6) is 0. The molecule has 3 saturated carbocycles. The van der Waals surface area contributed by atoms with Crippen molar-refractivity contribution in [2.24, 2.45) is 10.8 Å². The van der Waals surface area contributed by atoms with Gasteiger partial charge in [0, 0.05) is 0 Å². The molecule has 202 valence electrons. The fraction of sp³-hybridized carbons (Fsp3) is 1.00. The molecule has 0 heterocycles. The molecule has 0 saturated heterocycles. The summed E-state index contributed by atoms with van der Waals surface area (Å²) >= 11 is 0. The van der Waals surface area contributed by atoms with Gasteiger partial charge in [0.05, 0.1) is 0 Å². The third-order valence-electron chi connectivity index (χ3n) is 9.93. The van der Waals surface area contributed by atoms with Crippen molar-refractivity contribution in [1.29, 1.82) is 0 Å². The van der Waals surface area contributed by atoms with Crippen molar-refractivity contribution >= 4 is 0 Å². The van der Waals surface area contributed by atoms with E-state index in [4.69, 9.17) is 0 Å². The lowest BCUT2D eigenvalue weighted by Crippen LogP contribution is -2.17. The van der Waals surface area contributed by atoms with Crippen LogP contribution in [0.5, 0.6) is 0 Å². The van der Waals surface area contributed by atoms with E-state index in [0.29, 0.717) is 10.8 Å². The maximum atomic E-state index is 2.66. The van der Waals surface area contributed by atoms with Crippen LogP contribution < -0.4 is 0 Å². The Balaban J connectivity index is 1.96. The Morgan fingerprint density at radius 1 is 0.206 bits per heavy atom. The normalized spacial score (nSPS) is 32.6. The minimum Gasteiger partial charge on any atom is -0.0596 e. The van der Waals surface area contributed by atoms with Gasteiger partial charge in [-0.05, 0) is 49.4 Å².